The molecule has 0 atom stereocenters. The van der Waals surface area contributed by atoms with Gasteiger partial charge in [0.25, 0.3) is 0 Å². The lowest BCUT2D eigenvalue weighted by atomic mass is 10.1. The second-order valence-electron chi connectivity index (χ2n) is 3.58. The van der Waals surface area contributed by atoms with Crippen molar-refractivity contribution in [2.24, 2.45) is 0 Å². The standard InChI is InChI=1S/C13H12BrFN2/c1-2-16-10-5-6-17-13(8-10)11-7-9(14)3-4-12(11)15/h3-8H,2H2,1H3,(H,16,17). The largest absolute Gasteiger partial charge is 0.385 e. The van der Waals surface area contributed by atoms with Gasteiger partial charge in [-0.3, -0.25) is 4.98 Å². The van der Waals surface area contributed by atoms with E-state index >= 15 is 0 Å². The summed E-state index contributed by atoms with van der Waals surface area (Å²) in [5.74, 6) is -0.269. The van der Waals surface area contributed by atoms with E-state index in [0.29, 0.717) is 11.3 Å². The monoisotopic (exact) mass is 294 g/mol. The highest BCUT2D eigenvalue weighted by atomic mass is 79.9. The first-order valence-electron chi connectivity index (χ1n) is 5.36. The average molecular weight is 295 g/mol. The molecular formula is C13H12BrFN2. The first-order chi connectivity index (χ1) is 8.20. The van der Waals surface area contributed by atoms with Crippen LogP contribution in [0, 0.1) is 5.82 Å². The van der Waals surface area contributed by atoms with E-state index in [0.717, 1.165) is 16.7 Å². The van der Waals surface area contributed by atoms with Gasteiger partial charge in [-0.05, 0) is 37.3 Å². The SMILES string of the molecule is CCNc1ccnc(-c2cc(Br)ccc2F)c1. The fourth-order valence-corrected chi connectivity index (χ4v) is 1.95. The molecule has 1 aromatic heterocycles. The van der Waals surface area contributed by atoms with Crippen molar-refractivity contribution in [3.63, 3.8) is 0 Å². The van der Waals surface area contributed by atoms with E-state index in [9.17, 15) is 4.39 Å². The zero-order valence-electron chi connectivity index (χ0n) is 9.37. The average Bonchev–Trinajstić information content (AvgIpc) is 2.33. The van der Waals surface area contributed by atoms with Gasteiger partial charge in [0.2, 0.25) is 0 Å². The Hall–Kier alpha value is -1.42. The Kier molecular flexibility index (Phi) is 3.74. The van der Waals surface area contributed by atoms with Crippen LogP contribution in [0.15, 0.2) is 41.0 Å². The van der Waals surface area contributed by atoms with Crippen LogP contribution in [0.2, 0.25) is 0 Å². The van der Waals surface area contributed by atoms with Crippen LogP contribution in [0.4, 0.5) is 10.1 Å². The quantitative estimate of drug-likeness (QED) is 0.922. The predicted molar refractivity (Wildman–Crippen MR) is 71.5 cm³/mol. The van der Waals surface area contributed by atoms with E-state index in [2.05, 4.69) is 26.2 Å². The van der Waals surface area contributed by atoms with Gasteiger partial charge >= 0.3 is 0 Å². The van der Waals surface area contributed by atoms with E-state index in [1.807, 2.05) is 19.1 Å². The predicted octanol–water partition coefficient (Wildman–Crippen LogP) is 4.08. The summed E-state index contributed by atoms with van der Waals surface area (Å²) in [4.78, 5) is 4.19. The smallest absolute Gasteiger partial charge is 0.132 e. The molecule has 1 aromatic carbocycles. The van der Waals surface area contributed by atoms with Crippen LogP contribution in [-0.4, -0.2) is 11.5 Å². The van der Waals surface area contributed by atoms with Gasteiger partial charge < -0.3 is 5.32 Å². The number of anilines is 1. The first kappa shape index (κ1) is 12.0. The molecule has 0 bridgehead atoms. The zero-order valence-corrected chi connectivity index (χ0v) is 11.0. The molecule has 0 fully saturated rings. The Labute approximate surface area is 108 Å². The number of nitrogens with one attached hydrogen (secondary N) is 1. The van der Waals surface area contributed by atoms with Crippen molar-refractivity contribution in [1.29, 1.82) is 0 Å². The minimum Gasteiger partial charge on any atom is -0.385 e. The first-order valence-corrected chi connectivity index (χ1v) is 6.15. The van der Waals surface area contributed by atoms with Gasteiger partial charge in [0.15, 0.2) is 0 Å². The van der Waals surface area contributed by atoms with Crippen molar-refractivity contribution < 1.29 is 4.39 Å². The number of pyridine rings is 1. The van der Waals surface area contributed by atoms with Gasteiger partial charge in [0.1, 0.15) is 5.82 Å². The summed E-state index contributed by atoms with van der Waals surface area (Å²) in [5, 5.41) is 3.18. The van der Waals surface area contributed by atoms with Crippen LogP contribution >= 0.6 is 15.9 Å². The van der Waals surface area contributed by atoms with Crippen LogP contribution < -0.4 is 5.32 Å². The molecule has 17 heavy (non-hydrogen) atoms. The van der Waals surface area contributed by atoms with E-state index in [1.165, 1.54) is 6.07 Å². The normalized spacial score (nSPS) is 10.3. The fraction of sp³-hybridized carbons (Fsp3) is 0.154. The number of benzene rings is 1. The van der Waals surface area contributed by atoms with Crippen LogP contribution in [0.25, 0.3) is 11.3 Å². The maximum Gasteiger partial charge on any atom is 0.132 e. The molecule has 4 heteroatoms. The molecule has 0 aliphatic rings. The number of rotatable bonds is 3. The molecule has 2 aromatic rings. The summed E-state index contributed by atoms with van der Waals surface area (Å²) in [6, 6.07) is 8.54. The van der Waals surface area contributed by atoms with Crippen molar-refractivity contribution in [2.75, 3.05) is 11.9 Å². The highest BCUT2D eigenvalue weighted by Gasteiger charge is 2.07. The second kappa shape index (κ2) is 5.27. The third-order valence-corrected chi connectivity index (χ3v) is 2.84. The van der Waals surface area contributed by atoms with Gasteiger partial charge in [0.05, 0.1) is 5.69 Å². The molecule has 1 heterocycles. The summed E-state index contributed by atoms with van der Waals surface area (Å²) in [6.45, 7) is 2.84. The van der Waals surface area contributed by atoms with E-state index < -0.39 is 0 Å². The van der Waals surface area contributed by atoms with Gasteiger partial charge in [-0.25, -0.2) is 4.39 Å². The second-order valence-corrected chi connectivity index (χ2v) is 4.50. The van der Waals surface area contributed by atoms with Crippen LogP contribution in [0.1, 0.15) is 6.92 Å². The number of halogens is 2. The summed E-state index contributed by atoms with van der Waals surface area (Å²) >= 11 is 3.33. The lowest BCUT2D eigenvalue weighted by Crippen LogP contribution is -1.97. The van der Waals surface area contributed by atoms with Gasteiger partial charge in [-0.1, -0.05) is 15.9 Å². The molecule has 0 unspecified atom stereocenters. The van der Waals surface area contributed by atoms with Crippen LogP contribution in [-0.2, 0) is 0 Å². The van der Waals surface area contributed by atoms with Gasteiger partial charge in [-0.15, -0.1) is 0 Å². The van der Waals surface area contributed by atoms with Crippen molar-refractivity contribution >= 4 is 21.6 Å². The molecule has 2 rings (SSSR count). The molecule has 0 saturated heterocycles. The summed E-state index contributed by atoms with van der Waals surface area (Å²) in [5.41, 5.74) is 2.07. The molecular weight excluding hydrogens is 283 g/mol. The molecule has 88 valence electrons. The molecule has 0 amide bonds. The fourth-order valence-electron chi connectivity index (χ4n) is 1.59. The molecule has 0 radical (unpaired) electrons. The summed E-state index contributed by atoms with van der Waals surface area (Å²) < 4.78 is 14.5. The van der Waals surface area contributed by atoms with Gasteiger partial charge in [-0.2, -0.15) is 0 Å². The van der Waals surface area contributed by atoms with Crippen molar-refractivity contribution in [3.05, 3.63) is 46.8 Å². The lowest BCUT2D eigenvalue weighted by Gasteiger charge is -2.07. The highest BCUT2D eigenvalue weighted by molar-refractivity contribution is 9.10. The number of hydrogen-bond donors (Lipinski definition) is 1. The van der Waals surface area contributed by atoms with Crippen molar-refractivity contribution in [1.82, 2.24) is 4.98 Å². The lowest BCUT2D eigenvalue weighted by molar-refractivity contribution is 0.630. The topological polar surface area (TPSA) is 24.9 Å². The maximum absolute atomic E-state index is 13.7. The summed E-state index contributed by atoms with van der Waals surface area (Å²) in [7, 11) is 0. The van der Waals surface area contributed by atoms with Crippen LogP contribution in [0.5, 0.6) is 0 Å². The van der Waals surface area contributed by atoms with Gasteiger partial charge in [0, 0.05) is 28.5 Å². The third-order valence-electron chi connectivity index (χ3n) is 2.35. The Morgan fingerprint density at radius 2 is 2.12 bits per heavy atom. The Bertz CT molecular complexity index is 529. The van der Waals surface area contributed by atoms with Crippen molar-refractivity contribution in [2.45, 2.75) is 6.92 Å². The van der Waals surface area contributed by atoms with E-state index in [-0.39, 0.29) is 5.82 Å². The molecule has 0 aliphatic heterocycles. The Morgan fingerprint density at radius 1 is 1.29 bits per heavy atom. The zero-order chi connectivity index (χ0) is 12.3. The number of nitrogens with zero attached hydrogens (tertiary/aromatic N) is 1. The maximum atomic E-state index is 13.7. The third kappa shape index (κ3) is 2.82. The van der Waals surface area contributed by atoms with E-state index in [4.69, 9.17) is 0 Å². The van der Waals surface area contributed by atoms with E-state index in [1.54, 1.807) is 18.3 Å². The molecule has 0 spiro atoms. The number of aromatic nitrogens is 1. The number of hydrogen-bond acceptors (Lipinski definition) is 2. The molecule has 0 aliphatic carbocycles. The molecule has 2 nitrogen and oxygen atoms in total. The Morgan fingerprint density at radius 3 is 2.88 bits per heavy atom. The molecule has 0 saturated carbocycles. The minimum atomic E-state index is -0.269. The molecule has 1 N–H and O–H groups in total. The highest BCUT2D eigenvalue weighted by Crippen LogP contribution is 2.26. The Balaban J connectivity index is 2.45. The summed E-state index contributed by atoms with van der Waals surface area (Å²) in [6.07, 6.45) is 1.67. The van der Waals surface area contributed by atoms with Crippen LogP contribution in [0.3, 0.4) is 0 Å². The minimum absolute atomic E-state index is 0.269. The van der Waals surface area contributed by atoms with Crippen molar-refractivity contribution in [3.8, 4) is 11.3 Å².